The van der Waals surface area contributed by atoms with Crippen molar-refractivity contribution in [2.45, 2.75) is 17.7 Å². The number of carbonyl (C=O) groups is 1. The fourth-order valence-corrected chi connectivity index (χ4v) is 2.85. The molecule has 2 rings (SSSR count). The van der Waals surface area contributed by atoms with Gasteiger partial charge < -0.3 is 0 Å². The molecule has 0 aromatic heterocycles. The molecule has 0 aliphatic carbocycles. The summed E-state index contributed by atoms with van der Waals surface area (Å²) in [5.41, 5.74) is 0.583. The molecule has 1 nitrogen and oxygen atoms in total. The van der Waals surface area contributed by atoms with E-state index in [9.17, 15) is 9.18 Å². The van der Waals surface area contributed by atoms with E-state index < -0.39 is 0 Å². The summed E-state index contributed by atoms with van der Waals surface area (Å²) in [6.07, 6.45) is 1.31. The maximum absolute atomic E-state index is 12.8. The first-order chi connectivity index (χ1) is 9.65. The number of carbonyl (C=O) groups excluding carboxylic acids is 1. The van der Waals surface area contributed by atoms with Crippen molar-refractivity contribution in [3.8, 4) is 0 Å². The summed E-state index contributed by atoms with van der Waals surface area (Å²) < 4.78 is 13.8. The Kier molecular flexibility index (Phi) is 5.80. The summed E-state index contributed by atoms with van der Waals surface area (Å²) in [5, 5.41) is 0. The molecule has 2 aromatic carbocycles. The predicted molar refractivity (Wildman–Crippen MR) is 84.8 cm³/mol. The van der Waals surface area contributed by atoms with Gasteiger partial charge in [0.2, 0.25) is 0 Å². The van der Waals surface area contributed by atoms with Crippen molar-refractivity contribution >= 4 is 33.5 Å². The van der Waals surface area contributed by atoms with Gasteiger partial charge in [-0.2, -0.15) is 0 Å². The number of hydrogen-bond donors (Lipinski definition) is 0. The van der Waals surface area contributed by atoms with Crippen LogP contribution in [-0.2, 0) is 0 Å². The molecule has 0 radical (unpaired) electrons. The molecule has 0 amide bonds. The summed E-state index contributed by atoms with van der Waals surface area (Å²) >= 11 is 5.13. The number of benzene rings is 2. The summed E-state index contributed by atoms with van der Waals surface area (Å²) in [5.74, 6) is 0.655. The van der Waals surface area contributed by atoms with Gasteiger partial charge in [0.15, 0.2) is 5.78 Å². The van der Waals surface area contributed by atoms with Gasteiger partial charge in [0, 0.05) is 21.4 Å². The van der Waals surface area contributed by atoms with Crippen LogP contribution in [0.1, 0.15) is 23.2 Å². The molecule has 4 heteroatoms. The lowest BCUT2D eigenvalue weighted by atomic mass is 10.1. The maximum Gasteiger partial charge on any atom is 0.162 e. The van der Waals surface area contributed by atoms with Gasteiger partial charge in [0.05, 0.1) is 0 Å². The van der Waals surface area contributed by atoms with E-state index in [1.165, 1.54) is 17.0 Å². The molecule has 0 aliphatic rings. The third kappa shape index (κ3) is 4.76. The molecule has 0 saturated carbocycles. The number of halogens is 2. The van der Waals surface area contributed by atoms with Crippen LogP contribution < -0.4 is 0 Å². The van der Waals surface area contributed by atoms with E-state index in [0.29, 0.717) is 12.0 Å². The fraction of sp³-hybridized carbons (Fsp3) is 0.188. The zero-order chi connectivity index (χ0) is 14.4. The Balaban J connectivity index is 1.74. The largest absolute Gasteiger partial charge is 0.294 e. The molecule has 0 heterocycles. The first-order valence-electron chi connectivity index (χ1n) is 6.32. The van der Waals surface area contributed by atoms with Crippen LogP contribution in [0.25, 0.3) is 0 Å². The molecule has 0 spiro atoms. The van der Waals surface area contributed by atoms with Crippen LogP contribution in [0, 0.1) is 5.82 Å². The maximum atomic E-state index is 12.8. The van der Waals surface area contributed by atoms with Crippen molar-refractivity contribution < 1.29 is 9.18 Å². The van der Waals surface area contributed by atoms with Crippen molar-refractivity contribution in [1.29, 1.82) is 0 Å². The SMILES string of the molecule is O=C(CCCSc1ccc(Br)cc1)c1ccc(F)cc1. The van der Waals surface area contributed by atoms with Crippen LogP contribution >= 0.6 is 27.7 Å². The Bertz CT molecular complexity index is 566. The molecular formula is C16H14BrFOS. The van der Waals surface area contributed by atoms with Crippen molar-refractivity contribution in [1.82, 2.24) is 0 Å². The lowest BCUT2D eigenvalue weighted by molar-refractivity contribution is 0.0982. The Morgan fingerprint density at radius 3 is 2.35 bits per heavy atom. The van der Waals surface area contributed by atoms with Crippen LogP contribution in [0.4, 0.5) is 4.39 Å². The van der Waals surface area contributed by atoms with Crippen LogP contribution in [-0.4, -0.2) is 11.5 Å². The average molecular weight is 353 g/mol. The minimum absolute atomic E-state index is 0.0707. The Morgan fingerprint density at radius 2 is 1.70 bits per heavy atom. The van der Waals surface area contributed by atoms with Crippen molar-refractivity contribution in [2.24, 2.45) is 0 Å². The van der Waals surface area contributed by atoms with Gasteiger partial charge in [-0.25, -0.2) is 4.39 Å². The smallest absolute Gasteiger partial charge is 0.162 e. The number of thioether (sulfide) groups is 1. The van der Waals surface area contributed by atoms with Gasteiger partial charge >= 0.3 is 0 Å². The van der Waals surface area contributed by atoms with Crippen molar-refractivity contribution in [3.05, 3.63) is 64.4 Å². The second-order valence-electron chi connectivity index (χ2n) is 4.34. The molecule has 20 heavy (non-hydrogen) atoms. The lowest BCUT2D eigenvalue weighted by Gasteiger charge is -2.03. The fourth-order valence-electron chi connectivity index (χ4n) is 1.73. The van der Waals surface area contributed by atoms with E-state index in [0.717, 1.165) is 16.6 Å². The minimum Gasteiger partial charge on any atom is -0.294 e. The molecule has 0 fully saturated rings. The van der Waals surface area contributed by atoms with E-state index in [-0.39, 0.29) is 11.6 Å². The standard InChI is InChI=1S/C16H14BrFOS/c17-13-5-9-15(10-6-13)20-11-1-2-16(19)12-3-7-14(18)8-4-12/h3-10H,1-2,11H2. The Morgan fingerprint density at radius 1 is 1.05 bits per heavy atom. The number of Topliss-reactive ketones (excluding diaryl/α,β-unsaturated/α-hetero) is 1. The van der Waals surface area contributed by atoms with E-state index in [1.807, 2.05) is 12.1 Å². The highest BCUT2D eigenvalue weighted by Crippen LogP contribution is 2.22. The van der Waals surface area contributed by atoms with Crippen molar-refractivity contribution in [3.63, 3.8) is 0 Å². The molecular weight excluding hydrogens is 339 g/mol. The second-order valence-corrected chi connectivity index (χ2v) is 6.42. The summed E-state index contributed by atoms with van der Waals surface area (Å²) in [4.78, 5) is 13.1. The van der Waals surface area contributed by atoms with E-state index in [2.05, 4.69) is 28.1 Å². The van der Waals surface area contributed by atoms with E-state index in [1.54, 1.807) is 23.9 Å². The molecule has 0 unspecified atom stereocenters. The molecule has 0 saturated heterocycles. The van der Waals surface area contributed by atoms with Crippen LogP contribution in [0.3, 0.4) is 0 Å². The van der Waals surface area contributed by atoms with Crippen molar-refractivity contribution in [2.75, 3.05) is 5.75 Å². The van der Waals surface area contributed by atoms with Gasteiger partial charge in [0.25, 0.3) is 0 Å². The number of rotatable bonds is 6. The summed E-state index contributed by atoms with van der Waals surface area (Å²) in [7, 11) is 0. The van der Waals surface area contributed by atoms with Gasteiger partial charge in [-0.15, -0.1) is 11.8 Å². The number of ketones is 1. The third-order valence-corrected chi connectivity index (χ3v) is 4.42. The van der Waals surface area contributed by atoms with Gasteiger partial charge in [0.1, 0.15) is 5.82 Å². The zero-order valence-electron chi connectivity index (χ0n) is 10.8. The highest BCUT2D eigenvalue weighted by molar-refractivity contribution is 9.10. The third-order valence-electron chi connectivity index (χ3n) is 2.80. The predicted octanol–water partition coefficient (Wildman–Crippen LogP) is 5.34. The van der Waals surface area contributed by atoms with Crippen LogP contribution in [0.2, 0.25) is 0 Å². The molecule has 104 valence electrons. The normalized spacial score (nSPS) is 10.5. The minimum atomic E-state index is -0.313. The summed E-state index contributed by atoms with van der Waals surface area (Å²) in [6.45, 7) is 0. The van der Waals surface area contributed by atoms with Crippen LogP contribution in [0.5, 0.6) is 0 Å². The molecule has 2 aromatic rings. The molecule has 0 aliphatic heterocycles. The second kappa shape index (κ2) is 7.60. The number of hydrogen-bond acceptors (Lipinski definition) is 2. The van der Waals surface area contributed by atoms with Crippen LogP contribution in [0.15, 0.2) is 57.9 Å². The molecule has 0 atom stereocenters. The van der Waals surface area contributed by atoms with Gasteiger partial charge in [-0.1, -0.05) is 15.9 Å². The highest BCUT2D eigenvalue weighted by Gasteiger charge is 2.05. The Hall–Kier alpha value is -1.13. The lowest BCUT2D eigenvalue weighted by Crippen LogP contribution is -1.99. The Labute approximate surface area is 130 Å². The van der Waals surface area contributed by atoms with E-state index >= 15 is 0 Å². The van der Waals surface area contributed by atoms with Gasteiger partial charge in [-0.3, -0.25) is 4.79 Å². The quantitative estimate of drug-likeness (QED) is 0.396. The molecule has 0 N–H and O–H groups in total. The first kappa shape index (κ1) is 15.3. The molecule has 0 bridgehead atoms. The van der Waals surface area contributed by atoms with E-state index in [4.69, 9.17) is 0 Å². The highest BCUT2D eigenvalue weighted by atomic mass is 79.9. The average Bonchev–Trinajstić information content (AvgIpc) is 2.46. The first-order valence-corrected chi connectivity index (χ1v) is 8.10. The zero-order valence-corrected chi connectivity index (χ0v) is 13.2. The van der Waals surface area contributed by atoms with Gasteiger partial charge in [-0.05, 0) is 60.7 Å². The monoisotopic (exact) mass is 352 g/mol. The topological polar surface area (TPSA) is 17.1 Å². The summed E-state index contributed by atoms with van der Waals surface area (Å²) in [6, 6.07) is 13.8.